The van der Waals surface area contributed by atoms with Gasteiger partial charge >= 0.3 is 6.03 Å². The van der Waals surface area contributed by atoms with E-state index in [1.165, 1.54) is 6.42 Å². The zero-order chi connectivity index (χ0) is 17.1. The average molecular weight is 329 g/mol. The number of nitrogens with one attached hydrogen (secondary N) is 3. The fourth-order valence-corrected chi connectivity index (χ4v) is 3.36. The van der Waals surface area contributed by atoms with Gasteiger partial charge in [-0.1, -0.05) is 32.8 Å². The Bertz CT molecular complexity index is 612. The molecule has 0 saturated heterocycles. The molecule has 1 aromatic carbocycles. The van der Waals surface area contributed by atoms with E-state index in [0.717, 1.165) is 25.7 Å². The zero-order valence-corrected chi connectivity index (χ0v) is 14.5. The van der Waals surface area contributed by atoms with Crippen LogP contribution in [0.2, 0.25) is 0 Å². The fraction of sp³-hybridized carbons (Fsp3) is 0.579. The van der Waals surface area contributed by atoms with E-state index in [-0.39, 0.29) is 18.0 Å². The Kier molecular flexibility index (Phi) is 5.07. The molecule has 0 unspecified atom stereocenters. The standard InChI is InChI=1S/C19H27N3O2/c1-12-5-3-8-17(13(12)2)22-19(24)21-16-7-4-6-14(11-16)18(23)20-15-9-10-15/h4,6-7,11-13,15,17H,3,5,8-10H2,1-2H3,(H,20,23)(H2,21,22,24)/t12-,13+,17-/m1/s1. The highest BCUT2D eigenvalue weighted by atomic mass is 16.2. The van der Waals surface area contributed by atoms with Gasteiger partial charge in [-0.2, -0.15) is 0 Å². The van der Waals surface area contributed by atoms with E-state index in [1.54, 1.807) is 24.3 Å². The molecule has 2 aliphatic rings. The summed E-state index contributed by atoms with van der Waals surface area (Å²) in [5, 5.41) is 8.91. The smallest absolute Gasteiger partial charge is 0.319 e. The molecule has 3 rings (SSSR count). The van der Waals surface area contributed by atoms with Crippen LogP contribution in [0, 0.1) is 11.8 Å². The van der Waals surface area contributed by atoms with Gasteiger partial charge in [0.1, 0.15) is 0 Å². The van der Waals surface area contributed by atoms with E-state index < -0.39 is 0 Å². The summed E-state index contributed by atoms with van der Waals surface area (Å²) in [7, 11) is 0. The molecule has 130 valence electrons. The maximum atomic E-state index is 12.3. The maximum absolute atomic E-state index is 12.3. The number of hydrogen-bond acceptors (Lipinski definition) is 2. The zero-order valence-electron chi connectivity index (χ0n) is 14.5. The predicted molar refractivity (Wildman–Crippen MR) is 95.1 cm³/mol. The maximum Gasteiger partial charge on any atom is 0.319 e. The minimum absolute atomic E-state index is 0.0729. The van der Waals surface area contributed by atoms with Crippen molar-refractivity contribution in [2.75, 3.05) is 5.32 Å². The summed E-state index contributed by atoms with van der Waals surface area (Å²) < 4.78 is 0. The number of benzene rings is 1. The van der Waals surface area contributed by atoms with Gasteiger partial charge < -0.3 is 16.0 Å². The van der Waals surface area contributed by atoms with Gasteiger partial charge in [0.25, 0.3) is 5.91 Å². The topological polar surface area (TPSA) is 70.2 Å². The molecule has 0 aromatic heterocycles. The lowest BCUT2D eigenvalue weighted by molar-refractivity contribution is 0.0951. The third-order valence-electron chi connectivity index (χ3n) is 5.32. The summed E-state index contributed by atoms with van der Waals surface area (Å²) >= 11 is 0. The van der Waals surface area contributed by atoms with Crippen molar-refractivity contribution in [3.63, 3.8) is 0 Å². The van der Waals surface area contributed by atoms with Crippen molar-refractivity contribution >= 4 is 17.6 Å². The van der Waals surface area contributed by atoms with Crippen molar-refractivity contribution in [3.8, 4) is 0 Å². The lowest BCUT2D eigenvalue weighted by Crippen LogP contribution is -2.45. The van der Waals surface area contributed by atoms with Gasteiger partial charge in [0.2, 0.25) is 0 Å². The van der Waals surface area contributed by atoms with Crippen molar-refractivity contribution in [2.45, 2.75) is 58.0 Å². The molecule has 24 heavy (non-hydrogen) atoms. The third-order valence-corrected chi connectivity index (χ3v) is 5.32. The van der Waals surface area contributed by atoms with Gasteiger partial charge in [0, 0.05) is 23.3 Å². The minimum atomic E-state index is -0.194. The lowest BCUT2D eigenvalue weighted by atomic mass is 9.78. The number of rotatable bonds is 4. The Morgan fingerprint density at radius 3 is 2.58 bits per heavy atom. The Balaban J connectivity index is 1.56. The lowest BCUT2D eigenvalue weighted by Gasteiger charge is -2.34. The van der Waals surface area contributed by atoms with Crippen LogP contribution in [0.5, 0.6) is 0 Å². The van der Waals surface area contributed by atoms with E-state index in [0.29, 0.717) is 29.1 Å². The normalized spacial score (nSPS) is 26.5. The number of amides is 3. The molecule has 0 radical (unpaired) electrons. The number of carbonyl (C=O) groups is 2. The first-order valence-electron chi connectivity index (χ1n) is 9.01. The summed E-state index contributed by atoms with van der Waals surface area (Å²) in [6.45, 7) is 4.45. The predicted octanol–water partition coefficient (Wildman–Crippen LogP) is 3.53. The van der Waals surface area contributed by atoms with Gasteiger partial charge in [-0.25, -0.2) is 4.79 Å². The number of urea groups is 1. The van der Waals surface area contributed by atoms with Crippen LogP contribution in [0.3, 0.4) is 0 Å². The van der Waals surface area contributed by atoms with Crippen molar-refractivity contribution in [3.05, 3.63) is 29.8 Å². The average Bonchev–Trinajstić information content (AvgIpc) is 3.36. The second-order valence-corrected chi connectivity index (χ2v) is 7.30. The number of anilines is 1. The van der Waals surface area contributed by atoms with Gasteiger partial charge in [-0.3, -0.25) is 4.79 Å². The van der Waals surface area contributed by atoms with Crippen molar-refractivity contribution < 1.29 is 9.59 Å². The summed E-state index contributed by atoms with van der Waals surface area (Å²) in [5.74, 6) is 1.05. The highest BCUT2D eigenvalue weighted by Gasteiger charge is 2.28. The monoisotopic (exact) mass is 329 g/mol. The second kappa shape index (κ2) is 7.24. The summed E-state index contributed by atoms with van der Waals surface area (Å²) in [4.78, 5) is 24.4. The van der Waals surface area contributed by atoms with Crippen LogP contribution in [-0.4, -0.2) is 24.0 Å². The Labute approximate surface area is 143 Å². The van der Waals surface area contributed by atoms with Gasteiger partial charge in [0.15, 0.2) is 0 Å². The van der Waals surface area contributed by atoms with Crippen molar-refractivity contribution in [2.24, 2.45) is 11.8 Å². The van der Waals surface area contributed by atoms with Crippen LogP contribution < -0.4 is 16.0 Å². The molecular formula is C19H27N3O2. The number of carbonyl (C=O) groups excluding carboxylic acids is 2. The van der Waals surface area contributed by atoms with Crippen LogP contribution in [0.25, 0.3) is 0 Å². The molecule has 1 aromatic rings. The molecule has 2 aliphatic carbocycles. The Morgan fingerprint density at radius 1 is 1.04 bits per heavy atom. The summed E-state index contributed by atoms with van der Waals surface area (Å²) in [6.07, 6.45) is 5.54. The third kappa shape index (κ3) is 4.28. The largest absolute Gasteiger partial charge is 0.349 e. The van der Waals surface area contributed by atoms with Crippen molar-refractivity contribution in [1.82, 2.24) is 10.6 Å². The molecule has 2 fully saturated rings. The van der Waals surface area contributed by atoms with E-state index in [9.17, 15) is 9.59 Å². The van der Waals surface area contributed by atoms with Crippen molar-refractivity contribution in [1.29, 1.82) is 0 Å². The first-order chi connectivity index (χ1) is 11.5. The first kappa shape index (κ1) is 16.8. The van der Waals surface area contributed by atoms with E-state index in [2.05, 4.69) is 29.8 Å². The molecule has 5 heteroatoms. The van der Waals surface area contributed by atoms with Crippen LogP contribution in [0.15, 0.2) is 24.3 Å². The molecule has 3 atom stereocenters. The Morgan fingerprint density at radius 2 is 1.83 bits per heavy atom. The highest BCUT2D eigenvalue weighted by molar-refractivity contribution is 5.97. The molecule has 3 N–H and O–H groups in total. The van der Waals surface area contributed by atoms with Gasteiger partial charge in [0.05, 0.1) is 0 Å². The SMILES string of the molecule is C[C@H]1[C@H](C)CCC[C@H]1NC(=O)Nc1cccc(C(=O)NC2CC2)c1. The van der Waals surface area contributed by atoms with Crippen LogP contribution in [0.4, 0.5) is 10.5 Å². The van der Waals surface area contributed by atoms with Gasteiger partial charge in [-0.05, 0) is 49.3 Å². The molecule has 0 spiro atoms. The van der Waals surface area contributed by atoms with E-state index in [4.69, 9.17) is 0 Å². The molecule has 3 amide bonds. The first-order valence-corrected chi connectivity index (χ1v) is 9.01. The van der Waals surface area contributed by atoms with Gasteiger partial charge in [-0.15, -0.1) is 0 Å². The van der Waals surface area contributed by atoms with E-state index >= 15 is 0 Å². The number of hydrogen-bond donors (Lipinski definition) is 3. The summed E-state index contributed by atoms with van der Waals surface area (Å²) in [5.41, 5.74) is 1.23. The Hall–Kier alpha value is -2.04. The molecule has 0 heterocycles. The second-order valence-electron chi connectivity index (χ2n) is 7.30. The molecule has 0 bridgehead atoms. The molecule has 0 aliphatic heterocycles. The molecular weight excluding hydrogens is 302 g/mol. The highest BCUT2D eigenvalue weighted by Crippen LogP contribution is 2.29. The van der Waals surface area contributed by atoms with Crippen LogP contribution in [-0.2, 0) is 0 Å². The van der Waals surface area contributed by atoms with E-state index in [1.807, 2.05) is 0 Å². The minimum Gasteiger partial charge on any atom is -0.349 e. The molecule has 2 saturated carbocycles. The summed E-state index contributed by atoms with van der Waals surface area (Å²) in [6, 6.07) is 7.45. The molecule has 5 nitrogen and oxygen atoms in total. The fourth-order valence-electron chi connectivity index (χ4n) is 3.36. The quantitative estimate of drug-likeness (QED) is 0.791. The van der Waals surface area contributed by atoms with Crippen LogP contribution in [0.1, 0.15) is 56.3 Å². The van der Waals surface area contributed by atoms with Crippen LogP contribution >= 0.6 is 0 Å².